The van der Waals surface area contributed by atoms with Crippen LogP contribution in [0, 0.1) is 17.0 Å². The Balaban J connectivity index is 1.98. The summed E-state index contributed by atoms with van der Waals surface area (Å²) in [7, 11) is -4.21. The molecule has 1 aromatic heterocycles. The Morgan fingerprint density at radius 1 is 1.18 bits per heavy atom. The molecule has 1 N–H and O–H groups in total. The summed E-state index contributed by atoms with van der Waals surface area (Å²) >= 11 is 5.91. The highest BCUT2D eigenvalue weighted by molar-refractivity contribution is 7.92. The van der Waals surface area contributed by atoms with E-state index in [0.29, 0.717) is 10.6 Å². The lowest BCUT2D eigenvalue weighted by atomic mass is 10.2. The Hall–Kier alpha value is -3.70. The van der Waals surface area contributed by atoms with E-state index in [1.807, 2.05) is 0 Å². The van der Waals surface area contributed by atoms with E-state index in [-0.39, 0.29) is 39.9 Å². The number of benzene rings is 2. The standard InChI is InChI=1S/C21H18ClN3O7S/c1-3-31-21(26)18-9-15(5-7-19(18)32-17-8-14(22)11-23-12-17)24-33(29,30)20-10-16(25(27)28)6-4-13(20)2/h4-12,24H,3H2,1-2H3. The third-order valence-electron chi connectivity index (χ3n) is 4.31. The molecule has 1 heterocycles. The second kappa shape index (κ2) is 9.84. The fourth-order valence-electron chi connectivity index (χ4n) is 2.83. The van der Waals surface area contributed by atoms with Gasteiger partial charge in [0.2, 0.25) is 0 Å². The van der Waals surface area contributed by atoms with Crippen molar-refractivity contribution in [1.82, 2.24) is 4.98 Å². The van der Waals surface area contributed by atoms with E-state index in [0.717, 1.165) is 6.07 Å². The molecule has 2 aromatic carbocycles. The minimum absolute atomic E-state index is 0.0283. The molecule has 172 valence electrons. The molecule has 10 nitrogen and oxygen atoms in total. The number of esters is 1. The minimum Gasteiger partial charge on any atom is -0.462 e. The van der Waals surface area contributed by atoms with Gasteiger partial charge < -0.3 is 9.47 Å². The van der Waals surface area contributed by atoms with Crippen LogP contribution in [0.5, 0.6) is 11.5 Å². The molecule has 0 amide bonds. The zero-order chi connectivity index (χ0) is 24.2. The van der Waals surface area contributed by atoms with Gasteiger partial charge in [-0.1, -0.05) is 17.7 Å². The number of anilines is 1. The summed E-state index contributed by atoms with van der Waals surface area (Å²) in [5.74, 6) is -0.393. The number of nitrogens with zero attached hydrogens (tertiary/aromatic N) is 2. The number of carbonyl (C=O) groups excluding carboxylic acids is 1. The van der Waals surface area contributed by atoms with E-state index in [2.05, 4.69) is 9.71 Å². The quantitative estimate of drug-likeness (QED) is 0.271. The lowest BCUT2D eigenvalue weighted by molar-refractivity contribution is -0.385. The van der Waals surface area contributed by atoms with Crippen LogP contribution in [0.1, 0.15) is 22.8 Å². The van der Waals surface area contributed by atoms with Gasteiger partial charge in [0.25, 0.3) is 15.7 Å². The lowest BCUT2D eigenvalue weighted by Gasteiger charge is -2.14. The van der Waals surface area contributed by atoms with Crippen molar-refractivity contribution in [2.24, 2.45) is 0 Å². The Morgan fingerprint density at radius 2 is 1.94 bits per heavy atom. The van der Waals surface area contributed by atoms with Gasteiger partial charge in [0.05, 0.1) is 27.6 Å². The Morgan fingerprint density at radius 3 is 2.61 bits per heavy atom. The van der Waals surface area contributed by atoms with Crippen LogP contribution >= 0.6 is 11.6 Å². The number of hydrogen-bond acceptors (Lipinski definition) is 8. The molecule has 0 atom stereocenters. The largest absolute Gasteiger partial charge is 0.462 e. The molecule has 0 spiro atoms. The van der Waals surface area contributed by atoms with Gasteiger partial charge in [-0.2, -0.15) is 0 Å². The van der Waals surface area contributed by atoms with E-state index in [9.17, 15) is 23.3 Å². The number of pyridine rings is 1. The van der Waals surface area contributed by atoms with E-state index in [4.69, 9.17) is 21.1 Å². The van der Waals surface area contributed by atoms with Crippen LogP contribution in [0.3, 0.4) is 0 Å². The maximum absolute atomic E-state index is 12.9. The highest BCUT2D eigenvalue weighted by atomic mass is 35.5. The molecule has 3 rings (SSSR count). The Kier molecular flexibility index (Phi) is 7.14. The summed E-state index contributed by atoms with van der Waals surface area (Å²) in [4.78, 5) is 26.5. The zero-order valence-electron chi connectivity index (χ0n) is 17.4. The number of halogens is 1. The van der Waals surface area contributed by atoms with Crippen LogP contribution in [0.2, 0.25) is 5.02 Å². The number of sulfonamides is 1. The van der Waals surface area contributed by atoms with Gasteiger partial charge in [-0.25, -0.2) is 13.2 Å². The fourth-order valence-corrected chi connectivity index (χ4v) is 4.31. The maximum atomic E-state index is 12.9. The second-order valence-electron chi connectivity index (χ2n) is 6.68. The highest BCUT2D eigenvalue weighted by Gasteiger charge is 2.23. The first-order valence-corrected chi connectivity index (χ1v) is 11.3. The number of nitro benzene ring substituents is 1. The monoisotopic (exact) mass is 491 g/mol. The SMILES string of the molecule is CCOC(=O)c1cc(NS(=O)(=O)c2cc([N+](=O)[O-])ccc2C)ccc1Oc1cncc(Cl)c1. The molecule has 12 heteroatoms. The van der Waals surface area contributed by atoms with E-state index >= 15 is 0 Å². The summed E-state index contributed by atoms with van der Waals surface area (Å²) in [6.45, 7) is 3.22. The van der Waals surface area contributed by atoms with Gasteiger partial charge in [0, 0.05) is 30.1 Å². The van der Waals surface area contributed by atoms with Crippen molar-refractivity contribution in [3.8, 4) is 11.5 Å². The van der Waals surface area contributed by atoms with Crippen LogP contribution in [0.15, 0.2) is 59.8 Å². The molecule has 0 aliphatic rings. The number of ether oxygens (including phenoxy) is 2. The maximum Gasteiger partial charge on any atom is 0.342 e. The third kappa shape index (κ3) is 5.76. The average molecular weight is 492 g/mol. The fraction of sp³-hybridized carbons (Fsp3) is 0.143. The summed E-state index contributed by atoms with van der Waals surface area (Å²) in [6.07, 6.45) is 2.80. The van der Waals surface area contributed by atoms with E-state index in [1.54, 1.807) is 6.92 Å². The second-order valence-corrected chi connectivity index (χ2v) is 8.77. The number of aromatic nitrogens is 1. The van der Waals surface area contributed by atoms with Crippen molar-refractivity contribution in [2.45, 2.75) is 18.7 Å². The van der Waals surface area contributed by atoms with Crippen molar-refractivity contribution in [1.29, 1.82) is 0 Å². The molecule has 0 fully saturated rings. The summed E-state index contributed by atoms with van der Waals surface area (Å²) < 4.78 is 38.9. The summed E-state index contributed by atoms with van der Waals surface area (Å²) in [6, 6.07) is 9.01. The van der Waals surface area contributed by atoms with E-state index < -0.39 is 20.9 Å². The number of nitro groups is 1. The van der Waals surface area contributed by atoms with Gasteiger partial charge in [-0.3, -0.25) is 19.8 Å². The van der Waals surface area contributed by atoms with Gasteiger partial charge in [0.1, 0.15) is 17.1 Å². The number of hydrogen-bond donors (Lipinski definition) is 1. The number of carbonyl (C=O) groups is 1. The molecule has 0 unspecified atom stereocenters. The lowest BCUT2D eigenvalue weighted by Crippen LogP contribution is -2.15. The predicted octanol–water partition coefficient (Wildman–Crippen LogP) is 4.72. The molecule has 0 aliphatic carbocycles. The number of nitrogens with one attached hydrogen (secondary N) is 1. The number of rotatable bonds is 8. The van der Waals surface area contributed by atoms with Crippen molar-refractivity contribution >= 4 is 39.0 Å². The third-order valence-corrected chi connectivity index (χ3v) is 6.04. The Labute approximate surface area is 194 Å². The van der Waals surface area contributed by atoms with Crippen LogP contribution in [0.4, 0.5) is 11.4 Å². The van der Waals surface area contributed by atoms with Crippen LogP contribution in [-0.2, 0) is 14.8 Å². The van der Waals surface area contributed by atoms with Gasteiger partial charge in [0.15, 0.2) is 0 Å². The van der Waals surface area contributed by atoms with Crippen LogP contribution < -0.4 is 9.46 Å². The number of non-ortho nitro benzene ring substituents is 1. The summed E-state index contributed by atoms with van der Waals surface area (Å²) in [5, 5.41) is 11.4. The molecule has 3 aromatic rings. The van der Waals surface area contributed by atoms with Crippen molar-refractivity contribution < 1.29 is 27.6 Å². The normalized spacial score (nSPS) is 11.0. The molecule has 0 aliphatic heterocycles. The molecule has 0 radical (unpaired) electrons. The molecular formula is C21H18ClN3O7S. The molecule has 33 heavy (non-hydrogen) atoms. The molecule has 0 saturated heterocycles. The van der Waals surface area contributed by atoms with Crippen molar-refractivity contribution in [2.75, 3.05) is 11.3 Å². The molecular weight excluding hydrogens is 474 g/mol. The molecule has 0 bridgehead atoms. The first-order chi connectivity index (χ1) is 15.6. The minimum atomic E-state index is -4.21. The van der Waals surface area contributed by atoms with Gasteiger partial charge >= 0.3 is 5.97 Å². The highest BCUT2D eigenvalue weighted by Crippen LogP contribution is 2.31. The first kappa shape index (κ1) is 24.0. The number of aryl methyl sites for hydroxylation is 1. The first-order valence-electron chi connectivity index (χ1n) is 9.48. The Bertz CT molecular complexity index is 1330. The van der Waals surface area contributed by atoms with Gasteiger partial charge in [-0.15, -0.1) is 0 Å². The zero-order valence-corrected chi connectivity index (χ0v) is 19.0. The van der Waals surface area contributed by atoms with Crippen LogP contribution in [0.25, 0.3) is 0 Å². The van der Waals surface area contributed by atoms with E-state index in [1.165, 1.54) is 55.7 Å². The predicted molar refractivity (Wildman–Crippen MR) is 120 cm³/mol. The topological polar surface area (TPSA) is 138 Å². The van der Waals surface area contributed by atoms with Crippen molar-refractivity contribution in [3.05, 3.63) is 81.1 Å². The van der Waals surface area contributed by atoms with Gasteiger partial charge in [-0.05, 0) is 37.6 Å². The molecule has 0 saturated carbocycles. The average Bonchev–Trinajstić information content (AvgIpc) is 2.74. The smallest absolute Gasteiger partial charge is 0.342 e. The van der Waals surface area contributed by atoms with Crippen molar-refractivity contribution in [3.63, 3.8) is 0 Å². The van der Waals surface area contributed by atoms with Crippen LogP contribution in [-0.4, -0.2) is 30.9 Å². The summed E-state index contributed by atoms with van der Waals surface area (Å²) in [5.41, 5.74) is -0.0764.